The van der Waals surface area contributed by atoms with Gasteiger partial charge in [-0.05, 0) is 35.2 Å². The van der Waals surface area contributed by atoms with Crippen LogP contribution in [0.25, 0.3) is 11.1 Å². The van der Waals surface area contributed by atoms with E-state index in [0.29, 0.717) is 5.69 Å². The summed E-state index contributed by atoms with van der Waals surface area (Å²) in [6.07, 6.45) is -6.46. The van der Waals surface area contributed by atoms with Crippen molar-refractivity contribution in [2.24, 2.45) is 16.9 Å². The molecule has 0 aliphatic heterocycles. The third-order valence-corrected chi connectivity index (χ3v) is 7.32. The Morgan fingerprint density at radius 3 is 2.23 bits per heavy atom. The molecule has 3 aromatic rings. The summed E-state index contributed by atoms with van der Waals surface area (Å²) in [5.41, 5.74) is 8.90. The maximum atomic E-state index is 14.8. The molecule has 0 radical (unpaired) electrons. The van der Waals surface area contributed by atoms with Gasteiger partial charge in [0.1, 0.15) is 17.7 Å². The van der Waals surface area contributed by atoms with Crippen LogP contribution in [0.4, 0.5) is 22.0 Å². The zero-order valence-corrected chi connectivity index (χ0v) is 26.0. The smallest absolute Gasteiger partial charge is 0.428 e. The van der Waals surface area contributed by atoms with Crippen LogP contribution >= 0.6 is 0 Å². The number of nitrogens with one attached hydrogen (secondary N) is 2. The molecule has 2 amide bonds. The summed E-state index contributed by atoms with van der Waals surface area (Å²) in [4.78, 5) is 37.4. The highest BCUT2D eigenvalue weighted by Crippen LogP contribution is 2.41. The molecule has 10 nitrogen and oxygen atoms in total. The number of carbonyl (C=O) groups is 3. The summed E-state index contributed by atoms with van der Waals surface area (Å²) < 4.78 is 73.7. The van der Waals surface area contributed by atoms with Crippen LogP contribution in [0.2, 0.25) is 0 Å². The molecular formula is C32H38F5N5O5. The quantitative estimate of drug-likeness (QED) is 0.106. The lowest BCUT2D eigenvalue weighted by molar-refractivity contribution is -0.214. The minimum Gasteiger partial charge on any atom is -0.428 e. The number of esters is 1. The van der Waals surface area contributed by atoms with Gasteiger partial charge in [-0.2, -0.15) is 13.2 Å². The molecule has 7 N–H and O–H groups in total. The first-order valence-electron chi connectivity index (χ1n) is 14.6. The van der Waals surface area contributed by atoms with Crippen LogP contribution in [0, 0.1) is 17.0 Å². The number of carbonyl (C=O) groups excluding carboxylic acids is 3. The lowest BCUT2D eigenvalue weighted by atomic mass is 9.74. The molecule has 0 aliphatic carbocycles. The van der Waals surface area contributed by atoms with Gasteiger partial charge in [0.2, 0.25) is 11.6 Å². The number of aromatic nitrogens is 1. The monoisotopic (exact) mass is 667 g/mol. The van der Waals surface area contributed by atoms with Crippen LogP contribution in [0.5, 0.6) is 0 Å². The van der Waals surface area contributed by atoms with E-state index in [9.17, 15) is 41.4 Å². The number of halogens is 5. The Kier molecular flexibility index (Phi) is 11.9. The van der Waals surface area contributed by atoms with Crippen LogP contribution < -0.4 is 22.1 Å². The van der Waals surface area contributed by atoms with Gasteiger partial charge in [-0.1, -0.05) is 51.1 Å². The highest BCUT2D eigenvalue weighted by molar-refractivity contribution is 5.88. The Morgan fingerprint density at radius 2 is 1.64 bits per heavy atom. The van der Waals surface area contributed by atoms with Crippen LogP contribution in [0.3, 0.4) is 0 Å². The Bertz CT molecular complexity index is 1560. The van der Waals surface area contributed by atoms with E-state index in [1.54, 1.807) is 37.6 Å². The third-order valence-electron chi connectivity index (χ3n) is 7.32. The second-order valence-corrected chi connectivity index (χ2v) is 12.0. The molecule has 0 aliphatic rings. The highest BCUT2D eigenvalue weighted by atomic mass is 19.4. The van der Waals surface area contributed by atoms with Crippen molar-refractivity contribution in [2.75, 3.05) is 19.6 Å². The number of benzene rings is 2. The molecule has 3 rings (SSSR count). The number of amides is 2. The van der Waals surface area contributed by atoms with Crippen molar-refractivity contribution in [1.82, 2.24) is 15.2 Å². The van der Waals surface area contributed by atoms with Crippen molar-refractivity contribution in [3.8, 4) is 11.1 Å². The second-order valence-electron chi connectivity index (χ2n) is 12.0. The van der Waals surface area contributed by atoms with E-state index in [1.807, 2.05) is 30.3 Å². The van der Waals surface area contributed by atoms with Crippen LogP contribution in [-0.4, -0.2) is 65.1 Å². The predicted octanol–water partition coefficient (Wildman–Crippen LogP) is 3.31. The van der Waals surface area contributed by atoms with Crippen molar-refractivity contribution < 1.29 is 46.2 Å². The fourth-order valence-corrected chi connectivity index (χ4v) is 5.05. The maximum Gasteiger partial charge on any atom is 0.491 e. The summed E-state index contributed by atoms with van der Waals surface area (Å²) in [6, 6.07) is 13.7. The van der Waals surface area contributed by atoms with Crippen molar-refractivity contribution in [1.29, 1.82) is 0 Å². The standard InChI is InChI=1S/C32H38F5N5O5/c1-30(2,3)25(26(43)27(44)40-13-11-31(39,28(45)41-14-12-38)47-29(46)32(35,36)37)24-15-20(22-16-21(33)9-10-23(22)34)18-42(24)17-19-7-5-4-6-8-19/h4-10,15-16,18,25-26,43H,11-14,17,38-39H2,1-3H3,(H,40,44)(H,41,45)/t25-,26+,31+/m1/s1. The molecule has 0 saturated heterocycles. The van der Waals surface area contributed by atoms with Gasteiger partial charge in [-0.15, -0.1) is 0 Å². The summed E-state index contributed by atoms with van der Waals surface area (Å²) in [5, 5.41) is 15.9. The van der Waals surface area contributed by atoms with E-state index in [1.165, 1.54) is 0 Å². The van der Waals surface area contributed by atoms with Gasteiger partial charge in [0.05, 0.1) is 0 Å². The Morgan fingerprint density at radius 1 is 0.979 bits per heavy atom. The fourth-order valence-electron chi connectivity index (χ4n) is 5.05. The minimum atomic E-state index is -5.46. The Labute approximate surface area is 268 Å². The van der Waals surface area contributed by atoms with Gasteiger partial charge < -0.3 is 30.8 Å². The number of hydrogen-bond acceptors (Lipinski definition) is 7. The predicted molar refractivity (Wildman–Crippen MR) is 162 cm³/mol. The van der Waals surface area contributed by atoms with Gasteiger partial charge in [-0.3, -0.25) is 15.3 Å². The van der Waals surface area contributed by atoms with Crippen LogP contribution in [0.15, 0.2) is 60.8 Å². The zero-order valence-electron chi connectivity index (χ0n) is 26.0. The third kappa shape index (κ3) is 9.59. The lowest BCUT2D eigenvalue weighted by Gasteiger charge is -2.35. The number of aliphatic hydroxyl groups is 1. The van der Waals surface area contributed by atoms with Gasteiger partial charge in [0.25, 0.3) is 5.91 Å². The number of nitrogens with two attached hydrogens (primary N) is 2. The second kappa shape index (κ2) is 15.0. The molecule has 15 heteroatoms. The molecule has 1 aromatic heterocycles. The fraction of sp³-hybridized carbons (Fsp3) is 0.406. The SMILES string of the molecule is CC(C)(C)[C@H](c1cc(-c2cc(F)ccc2F)cn1Cc1ccccc1)[C@H](O)C(=O)NCC[C@](N)(OC(=O)C(F)(F)F)C(=O)NCCN. The molecule has 2 aromatic carbocycles. The van der Waals surface area contributed by atoms with Crippen LogP contribution in [-0.2, 0) is 25.7 Å². The first kappa shape index (κ1) is 37.1. The number of hydrogen-bond donors (Lipinski definition) is 5. The summed E-state index contributed by atoms with van der Waals surface area (Å²) >= 11 is 0. The molecule has 3 atom stereocenters. The van der Waals surface area contributed by atoms with E-state index in [4.69, 9.17) is 11.5 Å². The number of aliphatic hydroxyl groups excluding tert-OH is 1. The Hall–Kier alpha value is -4.34. The topological polar surface area (TPSA) is 162 Å². The average Bonchev–Trinajstić information content (AvgIpc) is 3.38. The molecule has 0 unspecified atom stereocenters. The van der Waals surface area contributed by atoms with Gasteiger partial charge >= 0.3 is 12.1 Å². The molecular weight excluding hydrogens is 629 g/mol. The number of ether oxygens (including phenoxy) is 1. The van der Waals surface area contributed by atoms with Crippen molar-refractivity contribution in [3.63, 3.8) is 0 Å². The van der Waals surface area contributed by atoms with E-state index in [-0.39, 0.29) is 30.8 Å². The highest BCUT2D eigenvalue weighted by Gasteiger charge is 2.48. The van der Waals surface area contributed by atoms with Crippen LogP contribution in [0.1, 0.15) is 44.4 Å². The average molecular weight is 668 g/mol. The van der Waals surface area contributed by atoms with E-state index in [0.717, 1.165) is 23.8 Å². The molecule has 0 bridgehead atoms. The van der Waals surface area contributed by atoms with E-state index in [2.05, 4.69) is 15.4 Å². The van der Waals surface area contributed by atoms with Crippen molar-refractivity contribution in [3.05, 3.63) is 83.7 Å². The lowest BCUT2D eigenvalue weighted by Crippen LogP contribution is -2.60. The minimum absolute atomic E-state index is 0.0368. The number of rotatable bonds is 13. The van der Waals surface area contributed by atoms with Gasteiger partial charge in [0, 0.05) is 61.5 Å². The van der Waals surface area contributed by atoms with Crippen molar-refractivity contribution >= 4 is 17.8 Å². The maximum absolute atomic E-state index is 14.8. The Balaban J connectivity index is 1.93. The number of alkyl halides is 3. The molecule has 256 valence electrons. The van der Waals surface area contributed by atoms with Gasteiger partial charge in [-0.25, -0.2) is 13.6 Å². The summed E-state index contributed by atoms with van der Waals surface area (Å²) in [7, 11) is 0. The number of nitrogens with zero attached hydrogens (tertiary/aromatic N) is 1. The summed E-state index contributed by atoms with van der Waals surface area (Å²) in [6.45, 7) is 4.62. The first-order valence-corrected chi connectivity index (χ1v) is 14.6. The molecule has 1 heterocycles. The molecule has 0 fully saturated rings. The van der Waals surface area contributed by atoms with Crippen molar-refractivity contribution in [2.45, 2.75) is 57.7 Å². The molecule has 47 heavy (non-hydrogen) atoms. The normalized spacial score (nSPS) is 14.5. The largest absolute Gasteiger partial charge is 0.491 e. The molecule has 0 spiro atoms. The van der Waals surface area contributed by atoms with E-state index < -0.39 is 71.7 Å². The van der Waals surface area contributed by atoms with E-state index >= 15 is 0 Å². The first-order chi connectivity index (χ1) is 21.9. The zero-order chi connectivity index (χ0) is 35.2. The molecule has 0 saturated carbocycles. The summed E-state index contributed by atoms with van der Waals surface area (Å²) in [5.74, 6) is -7.31. The van der Waals surface area contributed by atoms with Gasteiger partial charge in [0.15, 0.2) is 0 Å².